The normalized spacial score (nSPS) is 17.2. The van der Waals surface area contributed by atoms with Gasteiger partial charge in [0.15, 0.2) is 0 Å². The predicted octanol–water partition coefficient (Wildman–Crippen LogP) is 3.22. The highest BCUT2D eigenvalue weighted by Gasteiger charge is 2.35. The summed E-state index contributed by atoms with van der Waals surface area (Å²) in [5.41, 5.74) is 4.70. The van der Waals surface area contributed by atoms with Gasteiger partial charge in [0, 0.05) is 53.8 Å². The molecule has 0 aliphatic carbocycles. The van der Waals surface area contributed by atoms with Crippen LogP contribution in [0, 0.1) is 6.92 Å². The number of aryl methyl sites for hydroxylation is 1. The van der Waals surface area contributed by atoms with Crippen molar-refractivity contribution in [2.75, 3.05) is 29.1 Å². The average molecular weight is 404 g/mol. The van der Waals surface area contributed by atoms with Gasteiger partial charge in [-0.15, -0.1) is 0 Å². The van der Waals surface area contributed by atoms with Crippen molar-refractivity contribution in [2.24, 2.45) is 0 Å². The topological polar surface area (TPSA) is 112 Å². The van der Waals surface area contributed by atoms with E-state index in [1.54, 1.807) is 12.4 Å². The lowest BCUT2D eigenvalue weighted by molar-refractivity contribution is -0.114. The van der Waals surface area contributed by atoms with Crippen molar-refractivity contribution in [3.63, 3.8) is 0 Å². The second kappa shape index (κ2) is 7.72. The standard InChI is InChI=1S/C22H24N6O2/c1-13-4-5-16(26-14(2)30)9-19(13)28-21-23-7-6-18(27-21)15-8-17-20(24-10-15)25-11-22(17,3)12-29/h4-10,29H,11-12H2,1-3H3,(H,24,25)(H,26,30)(H,23,27,28). The molecule has 1 amide bonds. The Bertz CT molecular complexity index is 1120. The minimum absolute atomic E-state index is 0.0403. The van der Waals surface area contributed by atoms with Crippen molar-refractivity contribution in [2.45, 2.75) is 26.2 Å². The number of hydrogen-bond acceptors (Lipinski definition) is 7. The van der Waals surface area contributed by atoms with Gasteiger partial charge in [-0.25, -0.2) is 15.0 Å². The number of nitrogens with one attached hydrogen (secondary N) is 3. The molecule has 0 fully saturated rings. The van der Waals surface area contributed by atoms with E-state index in [4.69, 9.17) is 0 Å². The molecule has 0 saturated heterocycles. The summed E-state index contributed by atoms with van der Waals surface area (Å²) in [5, 5.41) is 19.1. The predicted molar refractivity (Wildman–Crippen MR) is 117 cm³/mol. The highest BCUT2D eigenvalue weighted by molar-refractivity contribution is 5.89. The Morgan fingerprint density at radius 3 is 2.87 bits per heavy atom. The summed E-state index contributed by atoms with van der Waals surface area (Å²) in [6.45, 7) is 6.14. The lowest BCUT2D eigenvalue weighted by atomic mass is 9.85. The van der Waals surface area contributed by atoms with E-state index in [0.29, 0.717) is 18.2 Å². The molecule has 0 bridgehead atoms. The van der Waals surface area contributed by atoms with Crippen molar-refractivity contribution in [3.05, 3.63) is 53.9 Å². The molecular weight excluding hydrogens is 380 g/mol. The Morgan fingerprint density at radius 1 is 1.27 bits per heavy atom. The van der Waals surface area contributed by atoms with Gasteiger partial charge in [0.1, 0.15) is 5.82 Å². The minimum Gasteiger partial charge on any atom is -0.395 e. The van der Waals surface area contributed by atoms with E-state index in [1.165, 1.54) is 6.92 Å². The second-order valence-corrected chi connectivity index (χ2v) is 7.79. The van der Waals surface area contributed by atoms with Gasteiger partial charge in [-0.05, 0) is 36.8 Å². The average Bonchev–Trinajstić information content (AvgIpc) is 3.07. The number of pyridine rings is 1. The van der Waals surface area contributed by atoms with Gasteiger partial charge in [-0.1, -0.05) is 13.0 Å². The molecule has 1 aromatic carbocycles. The van der Waals surface area contributed by atoms with E-state index >= 15 is 0 Å². The lowest BCUT2D eigenvalue weighted by Crippen LogP contribution is -2.28. The van der Waals surface area contributed by atoms with Gasteiger partial charge in [0.25, 0.3) is 0 Å². The number of amides is 1. The van der Waals surface area contributed by atoms with Crippen molar-refractivity contribution in [1.29, 1.82) is 0 Å². The molecule has 1 unspecified atom stereocenters. The summed E-state index contributed by atoms with van der Waals surface area (Å²) in [6.07, 6.45) is 3.46. The number of carbonyl (C=O) groups is 1. The molecule has 3 aromatic rings. The molecule has 3 heterocycles. The smallest absolute Gasteiger partial charge is 0.227 e. The Labute approximate surface area is 174 Å². The number of rotatable bonds is 5. The van der Waals surface area contributed by atoms with Crippen LogP contribution in [0.25, 0.3) is 11.3 Å². The zero-order valence-electron chi connectivity index (χ0n) is 17.2. The number of aromatic nitrogens is 3. The third-order valence-corrected chi connectivity index (χ3v) is 5.29. The minimum atomic E-state index is -0.367. The van der Waals surface area contributed by atoms with Crippen LogP contribution in [0.15, 0.2) is 42.7 Å². The van der Waals surface area contributed by atoms with E-state index in [-0.39, 0.29) is 17.9 Å². The maximum absolute atomic E-state index is 11.3. The van der Waals surface area contributed by atoms with E-state index in [2.05, 4.69) is 30.9 Å². The van der Waals surface area contributed by atoms with Crippen molar-refractivity contribution in [3.8, 4) is 11.3 Å². The van der Waals surface area contributed by atoms with Gasteiger partial charge >= 0.3 is 0 Å². The number of anilines is 4. The molecule has 1 atom stereocenters. The van der Waals surface area contributed by atoms with Crippen LogP contribution >= 0.6 is 0 Å². The fourth-order valence-corrected chi connectivity index (χ4v) is 3.46. The zero-order chi connectivity index (χ0) is 21.3. The summed E-state index contributed by atoms with van der Waals surface area (Å²) in [7, 11) is 0. The van der Waals surface area contributed by atoms with Crippen LogP contribution in [0.4, 0.5) is 23.1 Å². The first-order valence-corrected chi connectivity index (χ1v) is 9.72. The zero-order valence-corrected chi connectivity index (χ0v) is 17.2. The van der Waals surface area contributed by atoms with Gasteiger partial charge in [0.2, 0.25) is 11.9 Å². The number of aliphatic hydroxyl groups excluding tert-OH is 1. The molecule has 1 aliphatic heterocycles. The number of fused-ring (bicyclic) bond motifs is 1. The summed E-state index contributed by atoms with van der Waals surface area (Å²) in [4.78, 5) is 24.8. The highest BCUT2D eigenvalue weighted by Crippen LogP contribution is 2.37. The van der Waals surface area contributed by atoms with E-state index in [0.717, 1.165) is 33.9 Å². The number of nitrogens with zero attached hydrogens (tertiary/aromatic N) is 3. The van der Waals surface area contributed by atoms with Crippen molar-refractivity contribution < 1.29 is 9.90 Å². The van der Waals surface area contributed by atoms with E-state index in [1.807, 2.05) is 44.2 Å². The third kappa shape index (κ3) is 3.81. The first-order valence-electron chi connectivity index (χ1n) is 9.72. The van der Waals surface area contributed by atoms with Crippen LogP contribution in [-0.4, -0.2) is 39.1 Å². The van der Waals surface area contributed by atoms with Crippen LogP contribution in [-0.2, 0) is 10.2 Å². The molecule has 8 heteroatoms. The summed E-state index contributed by atoms with van der Waals surface area (Å²) < 4.78 is 0. The maximum atomic E-state index is 11.3. The van der Waals surface area contributed by atoms with Gasteiger partial charge in [0.05, 0.1) is 12.3 Å². The Balaban J connectivity index is 1.63. The Hall–Kier alpha value is -3.52. The number of carbonyl (C=O) groups excluding carboxylic acids is 1. The third-order valence-electron chi connectivity index (χ3n) is 5.29. The van der Waals surface area contributed by atoms with Crippen molar-refractivity contribution >= 4 is 29.0 Å². The SMILES string of the molecule is CC(=O)Nc1ccc(C)c(Nc2nccc(-c3cnc4c(c3)C(C)(CO)CN4)n2)c1. The molecule has 8 nitrogen and oxygen atoms in total. The lowest BCUT2D eigenvalue weighted by Gasteiger charge is -2.20. The number of aliphatic hydroxyl groups is 1. The molecule has 0 saturated carbocycles. The molecular formula is C22H24N6O2. The molecule has 1 aliphatic rings. The molecule has 2 aromatic heterocycles. The number of benzene rings is 1. The second-order valence-electron chi connectivity index (χ2n) is 7.79. The highest BCUT2D eigenvalue weighted by atomic mass is 16.3. The molecule has 30 heavy (non-hydrogen) atoms. The molecule has 0 radical (unpaired) electrons. The fraction of sp³-hybridized carbons (Fsp3) is 0.273. The fourth-order valence-electron chi connectivity index (χ4n) is 3.46. The van der Waals surface area contributed by atoms with Crippen LogP contribution in [0.1, 0.15) is 25.0 Å². The van der Waals surface area contributed by atoms with Crippen LogP contribution in [0.3, 0.4) is 0 Å². The first kappa shape index (κ1) is 19.8. The molecule has 0 spiro atoms. The number of hydrogen-bond donors (Lipinski definition) is 4. The quantitative estimate of drug-likeness (QED) is 0.516. The van der Waals surface area contributed by atoms with Crippen LogP contribution in [0.5, 0.6) is 0 Å². The molecule has 4 N–H and O–H groups in total. The molecule has 4 rings (SSSR count). The monoisotopic (exact) mass is 404 g/mol. The van der Waals surface area contributed by atoms with E-state index in [9.17, 15) is 9.90 Å². The Kier molecular flexibility index (Phi) is 5.09. The van der Waals surface area contributed by atoms with Crippen LogP contribution < -0.4 is 16.0 Å². The molecule has 154 valence electrons. The maximum Gasteiger partial charge on any atom is 0.227 e. The van der Waals surface area contributed by atoms with Crippen LogP contribution in [0.2, 0.25) is 0 Å². The van der Waals surface area contributed by atoms with E-state index < -0.39 is 0 Å². The van der Waals surface area contributed by atoms with Gasteiger partial charge < -0.3 is 21.1 Å². The van der Waals surface area contributed by atoms with Gasteiger partial charge in [-0.3, -0.25) is 4.79 Å². The Morgan fingerprint density at radius 2 is 2.10 bits per heavy atom. The summed E-state index contributed by atoms with van der Waals surface area (Å²) >= 11 is 0. The van der Waals surface area contributed by atoms with Crippen molar-refractivity contribution in [1.82, 2.24) is 15.0 Å². The largest absolute Gasteiger partial charge is 0.395 e. The summed E-state index contributed by atoms with van der Waals surface area (Å²) in [6, 6.07) is 9.47. The van der Waals surface area contributed by atoms with Gasteiger partial charge in [-0.2, -0.15) is 0 Å². The first-order chi connectivity index (χ1) is 14.4. The summed E-state index contributed by atoms with van der Waals surface area (Å²) in [5.74, 6) is 1.11.